The summed E-state index contributed by atoms with van der Waals surface area (Å²) in [5.74, 6) is -2.87. The van der Waals surface area contributed by atoms with E-state index in [0.29, 0.717) is 21.2 Å². The lowest BCUT2D eigenvalue weighted by molar-refractivity contribution is -0.137. The standard InChI is InChI=1S/C29H19BrF3N3O5S2/c30-15-8-10-16(11-9-15)36-26(38)22-21(23-25(35-28(40)43-23)42-24(22)27(36)39)14-4-3-5-17(12-14)41-13-20(37)34-19-7-2-1-6-18(19)29(31,32)33/h1-12,21-22,24H,13H2,(H,34,37)(H,35,40)/t21-,22?,24?/m1/s1. The summed E-state index contributed by atoms with van der Waals surface area (Å²) in [6, 6.07) is 18.0. The fourth-order valence-corrected chi connectivity index (χ4v) is 7.97. The number of ether oxygens (including phenoxy) is 1. The summed E-state index contributed by atoms with van der Waals surface area (Å²) >= 11 is 5.46. The van der Waals surface area contributed by atoms with E-state index in [1.165, 1.54) is 17.0 Å². The van der Waals surface area contributed by atoms with Crippen LogP contribution in [0.1, 0.15) is 21.9 Å². The molecule has 220 valence electrons. The molecule has 0 saturated carbocycles. The van der Waals surface area contributed by atoms with Gasteiger partial charge in [-0.2, -0.15) is 13.2 Å². The number of thiazole rings is 1. The quantitative estimate of drug-likeness (QED) is 0.240. The monoisotopic (exact) mass is 689 g/mol. The van der Waals surface area contributed by atoms with E-state index in [4.69, 9.17) is 4.74 Å². The first-order valence-electron chi connectivity index (χ1n) is 12.7. The molecule has 6 rings (SSSR count). The van der Waals surface area contributed by atoms with Gasteiger partial charge in [0, 0.05) is 15.3 Å². The van der Waals surface area contributed by atoms with Crippen molar-refractivity contribution in [1.82, 2.24) is 4.98 Å². The van der Waals surface area contributed by atoms with Crippen molar-refractivity contribution < 1.29 is 32.3 Å². The smallest absolute Gasteiger partial charge is 0.418 e. The average Bonchev–Trinajstić information content (AvgIpc) is 3.46. The summed E-state index contributed by atoms with van der Waals surface area (Å²) in [7, 11) is 0. The number of carbonyl (C=O) groups excluding carboxylic acids is 3. The second-order valence-corrected chi connectivity index (χ2v) is 12.8. The highest BCUT2D eigenvalue weighted by molar-refractivity contribution is 9.10. The van der Waals surface area contributed by atoms with Crippen LogP contribution in [-0.4, -0.2) is 34.6 Å². The van der Waals surface area contributed by atoms with Gasteiger partial charge in [0.05, 0.1) is 27.9 Å². The summed E-state index contributed by atoms with van der Waals surface area (Å²) in [5, 5.41) is 1.95. The summed E-state index contributed by atoms with van der Waals surface area (Å²) in [5.41, 5.74) is -0.369. The lowest BCUT2D eigenvalue weighted by atomic mass is 9.83. The fraction of sp³-hybridized carbons (Fsp3) is 0.172. The van der Waals surface area contributed by atoms with Gasteiger partial charge in [0.15, 0.2) is 6.61 Å². The van der Waals surface area contributed by atoms with Gasteiger partial charge in [0.25, 0.3) is 5.91 Å². The van der Waals surface area contributed by atoms with Crippen LogP contribution in [0.4, 0.5) is 24.5 Å². The van der Waals surface area contributed by atoms with E-state index in [1.807, 2.05) is 0 Å². The molecule has 1 fully saturated rings. The number of para-hydroxylation sites is 1. The Balaban J connectivity index is 1.27. The number of amides is 3. The SMILES string of the molecule is O=C(COc1cccc([C@H]2c3sc(=O)[nH]c3SC3C(=O)N(c4ccc(Br)cc4)C(=O)C32)c1)Nc1ccccc1C(F)(F)F. The number of hydrogen-bond donors (Lipinski definition) is 2. The number of fused-ring (bicyclic) bond motifs is 2. The van der Waals surface area contributed by atoms with E-state index in [9.17, 15) is 32.3 Å². The highest BCUT2D eigenvalue weighted by Gasteiger charge is 2.56. The van der Waals surface area contributed by atoms with Crippen LogP contribution in [0.3, 0.4) is 0 Å². The van der Waals surface area contributed by atoms with Gasteiger partial charge in [-0.1, -0.05) is 63.3 Å². The van der Waals surface area contributed by atoms with Crippen LogP contribution in [-0.2, 0) is 20.6 Å². The summed E-state index contributed by atoms with van der Waals surface area (Å²) in [6.07, 6.45) is -4.65. The maximum absolute atomic E-state index is 13.8. The van der Waals surface area contributed by atoms with Crippen molar-refractivity contribution in [3.8, 4) is 5.75 Å². The minimum absolute atomic E-state index is 0.220. The van der Waals surface area contributed by atoms with Crippen LogP contribution in [0, 0.1) is 5.92 Å². The number of nitrogens with one attached hydrogen (secondary N) is 2. The Bertz CT molecular complexity index is 1810. The lowest BCUT2D eigenvalue weighted by Crippen LogP contribution is -2.32. The number of benzene rings is 3. The van der Waals surface area contributed by atoms with Crippen molar-refractivity contribution in [3.63, 3.8) is 0 Å². The van der Waals surface area contributed by atoms with Crippen molar-refractivity contribution in [2.45, 2.75) is 22.4 Å². The topological polar surface area (TPSA) is 109 Å². The molecule has 3 amide bonds. The van der Waals surface area contributed by atoms with Crippen molar-refractivity contribution >= 4 is 68.1 Å². The first kappa shape index (κ1) is 29.2. The molecule has 14 heteroatoms. The Labute approximate surface area is 258 Å². The molecule has 0 bridgehead atoms. The van der Waals surface area contributed by atoms with E-state index in [-0.39, 0.29) is 10.6 Å². The molecule has 2 N–H and O–H groups in total. The molecular formula is C29H19BrF3N3O5S2. The van der Waals surface area contributed by atoms with Crippen LogP contribution < -0.4 is 19.8 Å². The third-order valence-electron chi connectivity index (χ3n) is 7.00. The lowest BCUT2D eigenvalue weighted by Gasteiger charge is -2.30. The molecule has 1 saturated heterocycles. The molecule has 1 aromatic heterocycles. The van der Waals surface area contributed by atoms with E-state index in [0.717, 1.165) is 39.7 Å². The molecule has 4 aromatic rings. The molecule has 3 atom stereocenters. The fourth-order valence-electron chi connectivity index (χ4n) is 5.19. The van der Waals surface area contributed by atoms with Crippen LogP contribution in [0.15, 0.2) is 87.1 Å². The van der Waals surface area contributed by atoms with Crippen molar-refractivity contribution in [3.05, 3.63) is 103 Å². The van der Waals surface area contributed by atoms with Gasteiger partial charge in [0.2, 0.25) is 11.8 Å². The number of carbonyl (C=O) groups is 3. The van der Waals surface area contributed by atoms with Gasteiger partial charge in [-0.05, 0) is 54.1 Å². The van der Waals surface area contributed by atoms with Crippen LogP contribution >= 0.6 is 39.0 Å². The highest BCUT2D eigenvalue weighted by atomic mass is 79.9. The number of rotatable bonds is 6. The second kappa shape index (κ2) is 11.3. The molecule has 8 nitrogen and oxygen atoms in total. The first-order chi connectivity index (χ1) is 20.5. The molecule has 3 heterocycles. The Kier molecular flexibility index (Phi) is 7.69. The number of thioether (sulfide) groups is 1. The molecule has 2 aliphatic heterocycles. The van der Waals surface area contributed by atoms with Crippen LogP contribution in [0.2, 0.25) is 0 Å². The largest absolute Gasteiger partial charge is 0.484 e. The van der Waals surface area contributed by atoms with E-state index in [1.54, 1.807) is 48.5 Å². The Morgan fingerprint density at radius 2 is 1.74 bits per heavy atom. The molecule has 2 unspecified atom stereocenters. The van der Waals surface area contributed by atoms with Gasteiger partial charge in [-0.15, -0.1) is 0 Å². The number of imide groups is 1. The minimum atomic E-state index is -4.65. The van der Waals surface area contributed by atoms with E-state index >= 15 is 0 Å². The summed E-state index contributed by atoms with van der Waals surface area (Å²) < 4.78 is 46.3. The van der Waals surface area contributed by atoms with Gasteiger partial charge < -0.3 is 15.0 Å². The second-order valence-electron chi connectivity index (χ2n) is 9.69. The molecule has 0 aliphatic carbocycles. The number of H-pyrrole nitrogens is 1. The molecule has 2 aliphatic rings. The van der Waals surface area contributed by atoms with E-state index in [2.05, 4.69) is 26.2 Å². The highest BCUT2D eigenvalue weighted by Crippen LogP contribution is 2.53. The number of nitrogens with zero attached hydrogens (tertiary/aromatic N) is 1. The summed E-state index contributed by atoms with van der Waals surface area (Å²) in [4.78, 5) is 56.5. The van der Waals surface area contributed by atoms with Gasteiger partial charge in [0.1, 0.15) is 11.0 Å². The number of aromatic amines is 1. The Morgan fingerprint density at radius 1 is 1.00 bits per heavy atom. The van der Waals surface area contributed by atoms with Gasteiger partial charge in [-0.3, -0.25) is 19.2 Å². The Hall–Kier alpha value is -3.88. The third kappa shape index (κ3) is 5.61. The molecular weight excluding hydrogens is 671 g/mol. The number of halogens is 4. The number of alkyl halides is 3. The maximum atomic E-state index is 13.8. The molecule has 0 spiro atoms. The number of hydrogen-bond acceptors (Lipinski definition) is 7. The number of anilines is 2. The molecule has 3 aromatic carbocycles. The van der Waals surface area contributed by atoms with Gasteiger partial charge in [-0.25, -0.2) is 4.90 Å². The minimum Gasteiger partial charge on any atom is -0.484 e. The maximum Gasteiger partial charge on any atom is 0.418 e. The predicted octanol–water partition coefficient (Wildman–Crippen LogP) is 6.03. The van der Waals surface area contributed by atoms with Gasteiger partial charge >= 0.3 is 11.0 Å². The van der Waals surface area contributed by atoms with Crippen molar-refractivity contribution in [1.29, 1.82) is 0 Å². The van der Waals surface area contributed by atoms with Crippen molar-refractivity contribution in [2.75, 3.05) is 16.8 Å². The zero-order valence-electron chi connectivity index (χ0n) is 21.7. The van der Waals surface area contributed by atoms with Crippen LogP contribution in [0.25, 0.3) is 0 Å². The Morgan fingerprint density at radius 3 is 2.49 bits per heavy atom. The van der Waals surface area contributed by atoms with E-state index < -0.39 is 58.8 Å². The zero-order chi connectivity index (χ0) is 30.5. The first-order valence-corrected chi connectivity index (χ1v) is 15.2. The third-order valence-corrected chi connectivity index (χ3v) is 9.93. The number of aromatic nitrogens is 1. The predicted molar refractivity (Wildman–Crippen MR) is 159 cm³/mol. The molecule has 0 radical (unpaired) electrons. The average molecular weight is 691 g/mol. The molecule has 43 heavy (non-hydrogen) atoms. The zero-order valence-corrected chi connectivity index (χ0v) is 24.9. The van der Waals surface area contributed by atoms with Crippen molar-refractivity contribution in [2.24, 2.45) is 5.92 Å². The van der Waals surface area contributed by atoms with Crippen LogP contribution in [0.5, 0.6) is 5.75 Å². The summed E-state index contributed by atoms with van der Waals surface area (Å²) in [6.45, 7) is -0.584. The normalized spacial score (nSPS) is 19.6.